The second-order valence-electron chi connectivity index (χ2n) is 3.98. The number of nitrogens with one attached hydrogen (secondary N) is 1. The monoisotopic (exact) mass is 334 g/mol. The molecule has 0 saturated heterocycles. The van der Waals surface area contributed by atoms with Crippen LogP contribution in [0.25, 0.3) is 5.69 Å². The largest absolute Gasteiger partial charge is 0.381 e. The first-order valence-corrected chi connectivity index (χ1v) is 7.42. The minimum absolute atomic E-state index is 0.821. The summed E-state index contributed by atoms with van der Waals surface area (Å²) >= 11 is 5.16. The van der Waals surface area contributed by atoms with Gasteiger partial charge in [0.05, 0.1) is 21.9 Å². The number of halogens is 1. The van der Waals surface area contributed by atoms with Gasteiger partial charge in [-0.15, -0.1) is 11.3 Å². The summed E-state index contributed by atoms with van der Waals surface area (Å²) in [6.07, 6.45) is 3.33. The van der Waals surface area contributed by atoms with Gasteiger partial charge in [0.1, 0.15) is 0 Å². The molecule has 2 heterocycles. The molecule has 1 N–H and O–H groups in total. The van der Waals surface area contributed by atoms with Crippen molar-refractivity contribution in [3.8, 4) is 5.69 Å². The molecule has 0 bridgehead atoms. The Morgan fingerprint density at radius 3 is 2.53 bits per heavy atom. The fourth-order valence-electron chi connectivity index (χ4n) is 1.70. The summed E-state index contributed by atoms with van der Waals surface area (Å²) in [6.45, 7) is 0.821. The zero-order valence-electron chi connectivity index (χ0n) is 9.95. The molecular weight excluding hydrogens is 324 g/mol. The molecule has 2 aromatic heterocycles. The molecule has 0 spiro atoms. The Balaban J connectivity index is 1.66. The maximum Gasteiger partial charge on any atom is 0.0858 e. The number of benzene rings is 1. The lowest BCUT2D eigenvalue weighted by Crippen LogP contribution is -2.00. The number of hydrogen-bond acceptors (Lipinski definition) is 4. The van der Waals surface area contributed by atoms with Crippen LogP contribution >= 0.6 is 27.3 Å². The van der Waals surface area contributed by atoms with Gasteiger partial charge in [0.2, 0.25) is 0 Å². The number of rotatable bonds is 4. The van der Waals surface area contributed by atoms with Crippen molar-refractivity contribution >= 4 is 33.0 Å². The van der Waals surface area contributed by atoms with Crippen molar-refractivity contribution in [2.24, 2.45) is 0 Å². The average Bonchev–Trinajstić information content (AvgIpc) is 3.08. The van der Waals surface area contributed by atoms with E-state index in [4.69, 9.17) is 0 Å². The maximum absolute atomic E-state index is 4.09. The van der Waals surface area contributed by atoms with E-state index in [1.807, 2.05) is 24.3 Å². The van der Waals surface area contributed by atoms with E-state index in [1.54, 1.807) is 28.5 Å². The standard InChI is InChI=1S/C13H11BrN4S/c14-13-7-10(9-19-13)8-15-11-1-3-12(4-2-11)18-16-5-6-17-18/h1-7,9,15H,8H2. The molecule has 19 heavy (non-hydrogen) atoms. The normalized spacial score (nSPS) is 10.6. The Morgan fingerprint density at radius 1 is 1.16 bits per heavy atom. The quantitative estimate of drug-likeness (QED) is 0.790. The third-order valence-electron chi connectivity index (χ3n) is 2.64. The van der Waals surface area contributed by atoms with E-state index in [0.29, 0.717) is 0 Å². The molecule has 0 aliphatic rings. The van der Waals surface area contributed by atoms with E-state index in [1.165, 1.54) is 5.56 Å². The SMILES string of the molecule is Brc1cc(CNc2ccc(-n3nccn3)cc2)cs1. The highest BCUT2D eigenvalue weighted by molar-refractivity contribution is 9.11. The third kappa shape index (κ3) is 3.02. The lowest BCUT2D eigenvalue weighted by Gasteiger charge is -2.06. The summed E-state index contributed by atoms with van der Waals surface area (Å²) in [4.78, 5) is 1.60. The van der Waals surface area contributed by atoms with E-state index in [9.17, 15) is 0 Å². The van der Waals surface area contributed by atoms with Crippen LogP contribution in [0.5, 0.6) is 0 Å². The lowest BCUT2D eigenvalue weighted by atomic mass is 10.2. The van der Waals surface area contributed by atoms with Gasteiger partial charge < -0.3 is 5.32 Å². The van der Waals surface area contributed by atoms with Crippen LogP contribution in [0.4, 0.5) is 5.69 Å². The van der Waals surface area contributed by atoms with Gasteiger partial charge in [-0.2, -0.15) is 15.0 Å². The van der Waals surface area contributed by atoms with Gasteiger partial charge in [-0.25, -0.2) is 0 Å². The van der Waals surface area contributed by atoms with Crippen molar-refractivity contribution in [2.75, 3.05) is 5.32 Å². The highest BCUT2D eigenvalue weighted by atomic mass is 79.9. The molecule has 3 aromatic rings. The van der Waals surface area contributed by atoms with Crippen LogP contribution in [0, 0.1) is 0 Å². The van der Waals surface area contributed by atoms with Crippen molar-refractivity contribution in [1.82, 2.24) is 15.0 Å². The van der Waals surface area contributed by atoms with Crippen LogP contribution in [0.2, 0.25) is 0 Å². The van der Waals surface area contributed by atoms with Gasteiger partial charge in [-0.1, -0.05) is 0 Å². The Bertz CT molecular complexity index is 646. The average molecular weight is 335 g/mol. The predicted molar refractivity (Wildman–Crippen MR) is 80.7 cm³/mol. The number of aromatic nitrogens is 3. The molecule has 0 aliphatic carbocycles. The molecule has 0 saturated carbocycles. The van der Waals surface area contributed by atoms with Crippen LogP contribution in [-0.2, 0) is 6.54 Å². The molecule has 0 unspecified atom stereocenters. The number of hydrogen-bond donors (Lipinski definition) is 1. The van der Waals surface area contributed by atoms with E-state index in [-0.39, 0.29) is 0 Å². The van der Waals surface area contributed by atoms with Crippen molar-refractivity contribution in [2.45, 2.75) is 6.54 Å². The van der Waals surface area contributed by atoms with Gasteiger partial charge in [0.25, 0.3) is 0 Å². The third-order valence-corrected chi connectivity index (χ3v) is 4.19. The van der Waals surface area contributed by atoms with Crippen LogP contribution in [0.15, 0.2) is 51.9 Å². The molecule has 0 aliphatic heterocycles. The molecular formula is C13H11BrN4S. The van der Waals surface area contributed by atoms with Crippen LogP contribution < -0.4 is 5.32 Å². The van der Waals surface area contributed by atoms with Crippen LogP contribution in [0.1, 0.15) is 5.56 Å². The fourth-order valence-corrected chi connectivity index (χ4v) is 2.91. The fraction of sp³-hybridized carbons (Fsp3) is 0.0769. The van der Waals surface area contributed by atoms with Crippen molar-refractivity contribution < 1.29 is 0 Å². The zero-order valence-corrected chi connectivity index (χ0v) is 12.4. The summed E-state index contributed by atoms with van der Waals surface area (Å²) in [5.41, 5.74) is 3.31. The zero-order chi connectivity index (χ0) is 13.1. The molecule has 0 fully saturated rings. The Labute approximate surface area is 123 Å². The minimum atomic E-state index is 0.821. The van der Waals surface area contributed by atoms with Gasteiger partial charge in [-0.05, 0) is 57.2 Å². The van der Waals surface area contributed by atoms with Crippen molar-refractivity contribution in [1.29, 1.82) is 0 Å². The lowest BCUT2D eigenvalue weighted by molar-refractivity contribution is 0.752. The number of nitrogens with zero attached hydrogens (tertiary/aromatic N) is 3. The van der Waals surface area contributed by atoms with Gasteiger partial charge in [0, 0.05) is 12.2 Å². The van der Waals surface area contributed by atoms with Gasteiger partial charge in [-0.3, -0.25) is 0 Å². The minimum Gasteiger partial charge on any atom is -0.381 e. The molecule has 0 amide bonds. The summed E-state index contributed by atoms with van der Waals surface area (Å²) in [6, 6.07) is 10.2. The molecule has 0 atom stereocenters. The number of thiophene rings is 1. The van der Waals surface area contributed by atoms with Crippen molar-refractivity contribution in [3.63, 3.8) is 0 Å². The van der Waals surface area contributed by atoms with Crippen LogP contribution in [0.3, 0.4) is 0 Å². The smallest absolute Gasteiger partial charge is 0.0858 e. The molecule has 1 aromatic carbocycles. The first-order valence-electron chi connectivity index (χ1n) is 5.75. The highest BCUT2D eigenvalue weighted by Gasteiger charge is 1.99. The first-order chi connectivity index (χ1) is 9.31. The molecule has 96 valence electrons. The van der Waals surface area contributed by atoms with E-state index in [0.717, 1.165) is 21.7 Å². The number of anilines is 1. The summed E-state index contributed by atoms with van der Waals surface area (Å²) in [5, 5.41) is 13.7. The van der Waals surface area contributed by atoms with Gasteiger partial charge in [0.15, 0.2) is 0 Å². The maximum atomic E-state index is 4.09. The van der Waals surface area contributed by atoms with E-state index in [2.05, 4.69) is 42.9 Å². The van der Waals surface area contributed by atoms with Gasteiger partial charge >= 0.3 is 0 Å². The first kappa shape index (κ1) is 12.4. The predicted octanol–water partition coefficient (Wildman–Crippen LogP) is 3.70. The molecule has 6 heteroatoms. The second kappa shape index (κ2) is 5.54. The molecule has 4 nitrogen and oxygen atoms in total. The molecule has 3 rings (SSSR count). The summed E-state index contributed by atoms with van der Waals surface area (Å²) < 4.78 is 1.16. The Morgan fingerprint density at radius 2 is 1.89 bits per heavy atom. The molecule has 0 radical (unpaired) electrons. The van der Waals surface area contributed by atoms with Crippen molar-refractivity contribution in [3.05, 3.63) is 57.5 Å². The van der Waals surface area contributed by atoms with E-state index < -0.39 is 0 Å². The summed E-state index contributed by atoms with van der Waals surface area (Å²) in [7, 11) is 0. The second-order valence-corrected chi connectivity index (χ2v) is 6.27. The highest BCUT2D eigenvalue weighted by Crippen LogP contribution is 2.21. The van der Waals surface area contributed by atoms with E-state index >= 15 is 0 Å². The Kier molecular flexibility index (Phi) is 3.61. The van der Waals surface area contributed by atoms with Crippen LogP contribution in [-0.4, -0.2) is 15.0 Å². The Hall–Kier alpha value is -1.66. The topological polar surface area (TPSA) is 42.7 Å². The summed E-state index contributed by atoms with van der Waals surface area (Å²) in [5.74, 6) is 0.